The molecule has 2 aliphatic carbocycles. The fourth-order valence-corrected chi connectivity index (χ4v) is 6.23. The van der Waals surface area contributed by atoms with E-state index in [2.05, 4.69) is 61.3 Å². The van der Waals surface area contributed by atoms with Gasteiger partial charge in [0.1, 0.15) is 11.2 Å². The predicted molar refractivity (Wildman–Crippen MR) is 153 cm³/mol. The molecule has 0 unspecified atom stereocenters. The molecule has 4 heterocycles. The Labute approximate surface area is 229 Å². The number of likely N-dealkylation sites (N-methyl/N-ethyl adjacent to an activating group) is 1. The van der Waals surface area contributed by atoms with E-state index in [1.807, 2.05) is 25.1 Å². The molecule has 0 radical (unpaired) electrons. The lowest BCUT2D eigenvalue weighted by molar-refractivity contribution is 0.0719. The van der Waals surface area contributed by atoms with Crippen LogP contribution in [0.4, 0.5) is 11.5 Å². The Hall–Kier alpha value is -3.37. The fourth-order valence-electron chi connectivity index (χ4n) is 6.23. The second-order valence-corrected chi connectivity index (χ2v) is 11.7. The normalized spacial score (nSPS) is 18.9. The van der Waals surface area contributed by atoms with Gasteiger partial charge in [-0.25, -0.2) is 4.98 Å². The third-order valence-corrected chi connectivity index (χ3v) is 8.74. The van der Waals surface area contributed by atoms with Crippen molar-refractivity contribution in [2.45, 2.75) is 57.8 Å². The molecule has 3 aromatic heterocycles. The first-order valence-corrected chi connectivity index (χ1v) is 14.4. The average Bonchev–Trinajstić information content (AvgIpc) is 3.84. The van der Waals surface area contributed by atoms with E-state index in [-0.39, 0.29) is 5.91 Å². The fraction of sp³-hybridized carbons (Fsp3) is 0.552. The number of hydrogen-bond donors (Lipinski definition) is 1. The van der Waals surface area contributed by atoms with Gasteiger partial charge in [-0.15, -0.1) is 0 Å². The molecule has 0 atom stereocenters. The Morgan fingerprint density at radius 3 is 2.41 bits per heavy atom. The average molecular weight is 530 g/mol. The van der Waals surface area contributed by atoms with Crippen LogP contribution in [0.3, 0.4) is 0 Å². The van der Waals surface area contributed by atoms with E-state index in [1.165, 1.54) is 5.69 Å². The largest absolute Gasteiger partial charge is 0.337 e. The number of nitrogens with one attached hydrogen (secondary N) is 1. The van der Waals surface area contributed by atoms with Gasteiger partial charge in [0.15, 0.2) is 5.82 Å². The van der Waals surface area contributed by atoms with Gasteiger partial charge < -0.3 is 24.3 Å². The van der Waals surface area contributed by atoms with E-state index >= 15 is 0 Å². The molecule has 206 valence electrons. The zero-order chi connectivity index (χ0) is 26.8. The second kappa shape index (κ2) is 9.38. The van der Waals surface area contributed by atoms with Crippen LogP contribution in [0, 0.1) is 0 Å². The van der Waals surface area contributed by atoms with Gasteiger partial charge in [0, 0.05) is 76.9 Å². The van der Waals surface area contributed by atoms with E-state index in [4.69, 9.17) is 10.1 Å². The van der Waals surface area contributed by atoms with Gasteiger partial charge >= 0.3 is 0 Å². The topological polar surface area (TPSA) is 79.4 Å². The van der Waals surface area contributed by atoms with Crippen molar-refractivity contribution in [2.75, 3.05) is 38.5 Å². The Morgan fingerprint density at radius 1 is 1.03 bits per heavy atom. The Bertz CT molecular complexity index is 1530. The van der Waals surface area contributed by atoms with Crippen molar-refractivity contribution in [3.05, 3.63) is 35.9 Å². The molecule has 4 aromatic rings. The van der Waals surface area contributed by atoms with Crippen LogP contribution in [0.5, 0.6) is 0 Å². The number of benzene rings is 1. The van der Waals surface area contributed by atoms with Gasteiger partial charge in [-0.2, -0.15) is 5.10 Å². The second-order valence-electron chi connectivity index (χ2n) is 11.7. The molecular weight excluding hydrogens is 490 g/mol. The molecule has 1 saturated heterocycles. The van der Waals surface area contributed by atoms with Crippen LogP contribution in [0.25, 0.3) is 21.9 Å². The summed E-state index contributed by atoms with van der Waals surface area (Å²) in [7, 11) is 6.23. The zero-order valence-electron chi connectivity index (χ0n) is 23.5. The molecule has 3 aliphatic rings. The third kappa shape index (κ3) is 4.39. The highest BCUT2D eigenvalue weighted by molar-refractivity contribution is 6.12. The van der Waals surface area contributed by atoms with Crippen molar-refractivity contribution in [1.29, 1.82) is 0 Å². The first kappa shape index (κ1) is 24.7. The summed E-state index contributed by atoms with van der Waals surface area (Å²) >= 11 is 0. The Balaban J connectivity index is 1.24. The van der Waals surface area contributed by atoms with Crippen molar-refractivity contribution in [2.24, 2.45) is 14.1 Å². The van der Waals surface area contributed by atoms with E-state index in [0.717, 1.165) is 104 Å². The van der Waals surface area contributed by atoms with Gasteiger partial charge in [0.05, 0.1) is 28.7 Å². The summed E-state index contributed by atoms with van der Waals surface area (Å²) in [6.07, 6.45) is 6.40. The summed E-state index contributed by atoms with van der Waals surface area (Å²) in [6, 6.07) is 7.24. The number of piperazine rings is 1. The number of hydrogen-bond acceptors (Lipinski definition) is 6. The molecule has 1 aromatic carbocycles. The molecular formula is C29H39N9O. The van der Waals surface area contributed by atoms with E-state index in [0.29, 0.717) is 12.1 Å². The molecule has 3 fully saturated rings. The van der Waals surface area contributed by atoms with Gasteiger partial charge in [-0.1, -0.05) is 0 Å². The maximum absolute atomic E-state index is 13.9. The number of aryl methyl sites for hydroxylation is 3. The zero-order valence-corrected chi connectivity index (χ0v) is 23.5. The van der Waals surface area contributed by atoms with E-state index in [9.17, 15) is 4.79 Å². The molecule has 0 bridgehead atoms. The van der Waals surface area contributed by atoms with E-state index in [1.54, 1.807) is 0 Å². The van der Waals surface area contributed by atoms with Gasteiger partial charge in [-0.3, -0.25) is 14.4 Å². The summed E-state index contributed by atoms with van der Waals surface area (Å²) in [5, 5.41) is 9.46. The van der Waals surface area contributed by atoms with Crippen LogP contribution in [-0.2, 0) is 27.2 Å². The minimum Gasteiger partial charge on any atom is -0.337 e. The van der Waals surface area contributed by atoms with Crippen LogP contribution in [0.2, 0.25) is 0 Å². The van der Waals surface area contributed by atoms with Crippen molar-refractivity contribution < 1.29 is 4.79 Å². The van der Waals surface area contributed by atoms with Gasteiger partial charge in [-0.05, 0) is 51.8 Å². The molecule has 1 N–H and O–H groups in total. The maximum Gasteiger partial charge on any atom is 0.271 e. The maximum atomic E-state index is 13.9. The number of anilines is 2. The lowest BCUT2D eigenvalue weighted by Gasteiger charge is -2.32. The summed E-state index contributed by atoms with van der Waals surface area (Å²) < 4.78 is 6.23. The molecule has 10 nitrogen and oxygen atoms in total. The summed E-state index contributed by atoms with van der Waals surface area (Å²) in [4.78, 5) is 25.7. The molecule has 2 saturated carbocycles. The number of imidazole rings is 1. The SMILES string of the molecule is CCn1c(C(=O)N(C2CC2)C2CC2)cc2c3c(ncn3C)c(Nc3cc(CN4CCN(C)CC4)n(C)n3)cc21. The van der Waals surface area contributed by atoms with Crippen molar-refractivity contribution >= 4 is 39.3 Å². The first-order valence-electron chi connectivity index (χ1n) is 14.4. The van der Waals surface area contributed by atoms with Crippen molar-refractivity contribution in [1.82, 2.24) is 38.6 Å². The lowest BCUT2D eigenvalue weighted by Crippen LogP contribution is -2.44. The first-order chi connectivity index (χ1) is 18.9. The number of amides is 1. The predicted octanol–water partition coefficient (Wildman–Crippen LogP) is 3.54. The standard InChI is InChI=1S/C29H39N9O/c1-5-37-24-16-23(31-26-14-21(35(4)32-26)17-36-12-10-33(2)11-13-36)27-28(34(3)18-30-27)22(24)15-25(37)29(39)38(19-6-7-19)20-8-9-20/h14-16,18-20H,5-13,17H2,1-4H3,(H,31,32). The Kier molecular flexibility index (Phi) is 5.93. The van der Waals surface area contributed by atoms with Crippen LogP contribution >= 0.6 is 0 Å². The monoisotopic (exact) mass is 529 g/mol. The highest BCUT2D eigenvalue weighted by Crippen LogP contribution is 2.40. The quantitative estimate of drug-likeness (QED) is 0.376. The molecule has 1 amide bonds. The molecule has 39 heavy (non-hydrogen) atoms. The lowest BCUT2D eigenvalue weighted by atomic mass is 10.1. The Morgan fingerprint density at radius 2 is 1.74 bits per heavy atom. The minimum absolute atomic E-state index is 0.182. The number of aromatic nitrogens is 5. The highest BCUT2D eigenvalue weighted by atomic mass is 16.2. The van der Waals surface area contributed by atoms with Crippen molar-refractivity contribution in [3.8, 4) is 0 Å². The minimum atomic E-state index is 0.182. The van der Waals surface area contributed by atoms with Crippen molar-refractivity contribution in [3.63, 3.8) is 0 Å². The number of rotatable bonds is 8. The van der Waals surface area contributed by atoms with Crippen LogP contribution in [-0.4, -0.2) is 89.8 Å². The molecule has 1 aliphatic heterocycles. The highest BCUT2D eigenvalue weighted by Gasteiger charge is 2.43. The number of carbonyl (C=O) groups is 1. The smallest absolute Gasteiger partial charge is 0.271 e. The third-order valence-electron chi connectivity index (χ3n) is 8.74. The summed E-state index contributed by atoms with van der Waals surface area (Å²) in [5.74, 6) is 0.994. The molecule has 0 spiro atoms. The van der Waals surface area contributed by atoms with Gasteiger partial charge in [0.25, 0.3) is 5.91 Å². The summed E-state index contributed by atoms with van der Waals surface area (Å²) in [5.41, 5.74) is 5.87. The van der Waals surface area contributed by atoms with Crippen LogP contribution < -0.4 is 5.32 Å². The molecule has 10 heteroatoms. The number of carbonyl (C=O) groups excluding carboxylic acids is 1. The van der Waals surface area contributed by atoms with Crippen LogP contribution in [0.15, 0.2) is 24.5 Å². The van der Waals surface area contributed by atoms with Gasteiger partial charge in [0.2, 0.25) is 0 Å². The number of fused-ring (bicyclic) bond motifs is 3. The molecule has 7 rings (SSSR count). The van der Waals surface area contributed by atoms with Crippen LogP contribution in [0.1, 0.15) is 48.8 Å². The van der Waals surface area contributed by atoms with E-state index < -0.39 is 0 Å². The summed E-state index contributed by atoms with van der Waals surface area (Å²) in [6.45, 7) is 8.09. The number of nitrogens with zero attached hydrogens (tertiary/aromatic N) is 8.